The molecule has 0 radical (unpaired) electrons. The van der Waals surface area contributed by atoms with Crippen molar-refractivity contribution >= 4 is 23.2 Å². The van der Waals surface area contributed by atoms with Crippen molar-refractivity contribution in [3.63, 3.8) is 0 Å². The number of rotatable bonds is 4. The molecule has 6 heteroatoms. The maximum absolute atomic E-state index is 12.8. The Morgan fingerprint density at radius 3 is 1.86 bits per heavy atom. The molecule has 3 rings (SSSR count). The summed E-state index contributed by atoms with van der Waals surface area (Å²) < 4.78 is 1.47. The third kappa shape index (κ3) is 3.81. The summed E-state index contributed by atoms with van der Waals surface area (Å²) in [6.07, 6.45) is 1.55. The standard InChI is InChI=1S/C22H24N4O2/c1-13-8-6-10-18(15(13)3)23-21(27)17-12-26(5)25-20(17)22(28)24-19-11-7-9-14(2)16(19)4/h6-12H,1-5H3,(H,23,27)(H,24,28). The van der Waals surface area contributed by atoms with Crippen LogP contribution in [-0.2, 0) is 7.05 Å². The van der Waals surface area contributed by atoms with Crippen molar-refractivity contribution in [2.24, 2.45) is 7.05 Å². The average molecular weight is 376 g/mol. The first-order valence-corrected chi connectivity index (χ1v) is 9.06. The zero-order valence-corrected chi connectivity index (χ0v) is 16.8. The van der Waals surface area contributed by atoms with E-state index in [9.17, 15) is 9.59 Å². The number of aryl methyl sites for hydroxylation is 3. The number of carbonyl (C=O) groups excluding carboxylic acids is 2. The highest BCUT2D eigenvalue weighted by Gasteiger charge is 2.22. The Hall–Kier alpha value is -3.41. The maximum atomic E-state index is 12.8. The quantitative estimate of drug-likeness (QED) is 0.718. The number of nitrogens with one attached hydrogen (secondary N) is 2. The largest absolute Gasteiger partial charge is 0.322 e. The second-order valence-electron chi connectivity index (χ2n) is 6.97. The molecule has 0 aliphatic rings. The van der Waals surface area contributed by atoms with Crippen molar-refractivity contribution < 1.29 is 9.59 Å². The molecule has 2 N–H and O–H groups in total. The topological polar surface area (TPSA) is 76.0 Å². The van der Waals surface area contributed by atoms with Crippen LogP contribution in [0.25, 0.3) is 0 Å². The predicted octanol–water partition coefficient (Wildman–Crippen LogP) is 4.16. The summed E-state index contributed by atoms with van der Waals surface area (Å²) in [6, 6.07) is 11.4. The van der Waals surface area contributed by atoms with Gasteiger partial charge in [-0.1, -0.05) is 24.3 Å². The van der Waals surface area contributed by atoms with E-state index in [0.717, 1.165) is 27.9 Å². The van der Waals surface area contributed by atoms with Gasteiger partial charge in [-0.2, -0.15) is 5.10 Å². The first kappa shape index (κ1) is 19.4. The van der Waals surface area contributed by atoms with Gasteiger partial charge in [0.15, 0.2) is 5.69 Å². The van der Waals surface area contributed by atoms with Crippen LogP contribution >= 0.6 is 0 Å². The molecule has 0 saturated heterocycles. The summed E-state index contributed by atoms with van der Waals surface area (Å²) in [5.41, 5.74) is 5.86. The van der Waals surface area contributed by atoms with Gasteiger partial charge in [0.05, 0.1) is 5.56 Å². The molecule has 28 heavy (non-hydrogen) atoms. The minimum absolute atomic E-state index is 0.0891. The van der Waals surface area contributed by atoms with Crippen molar-refractivity contribution in [1.82, 2.24) is 9.78 Å². The zero-order chi connectivity index (χ0) is 20.4. The van der Waals surface area contributed by atoms with Crippen LogP contribution in [-0.4, -0.2) is 21.6 Å². The fourth-order valence-corrected chi connectivity index (χ4v) is 2.97. The van der Waals surface area contributed by atoms with Crippen LogP contribution in [0.15, 0.2) is 42.6 Å². The molecule has 144 valence electrons. The molecule has 0 fully saturated rings. The molecule has 0 aliphatic carbocycles. The third-order valence-corrected chi connectivity index (χ3v) is 4.99. The van der Waals surface area contributed by atoms with Crippen LogP contribution < -0.4 is 10.6 Å². The minimum Gasteiger partial charge on any atom is -0.322 e. The molecule has 0 aliphatic heterocycles. The molecule has 1 aromatic heterocycles. The van der Waals surface area contributed by atoms with E-state index >= 15 is 0 Å². The molecular weight excluding hydrogens is 352 g/mol. The highest BCUT2D eigenvalue weighted by Crippen LogP contribution is 2.21. The molecule has 3 aromatic rings. The lowest BCUT2D eigenvalue weighted by Gasteiger charge is -2.11. The van der Waals surface area contributed by atoms with Gasteiger partial charge in [0.25, 0.3) is 11.8 Å². The highest BCUT2D eigenvalue weighted by molar-refractivity contribution is 6.14. The highest BCUT2D eigenvalue weighted by atomic mass is 16.2. The van der Waals surface area contributed by atoms with Crippen LogP contribution in [0.4, 0.5) is 11.4 Å². The number of amides is 2. The lowest BCUT2D eigenvalue weighted by molar-refractivity contribution is 0.0988. The molecule has 2 aromatic carbocycles. The number of aromatic nitrogens is 2. The predicted molar refractivity (Wildman–Crippen MR) is 111 cm³/mol. The van der Waals surface area contributed by atoms with Gasteiger partial charge in [0, 0.05) is 24.6 Å². The number of anilines is 2. The fourth-order valence-electron chi connectivity index (χ4n) is 2.97. The van der Waals surface area contributed by atoms with Gasteiger partial charge >= 0.3 is 0 Å². The summed E-state index contributed by atoms with van der Waals surface area (Å²) in [6.45, 7) is 7.85. The Labute approximate surface area is 164 Å². The first-order chi connectivity index (χ1) is 13.3. The maximum Gasteiger partial charge on any atom is 0.277 e. The Morgan fingerprint density at radius 1 is 0.821 bits per heavy atom. The van der Waals surface area contributed by atoms with E-state index < -0.39 is 5.91 Å². The van der Waals surface area contributed by atoms with Gasteiger partial charge in [-0.25, -0.2) is 0 Å². The number of benzene rings is 2. The van der Waals surface area contributed by atoms with E-state index in [4.69, 9.17) is 0 Å². The van der Waals surface area contributed by atoms with Crippen LogP contribution in [0.3, 0.4) is 0 Å². The molecule has 1 heterocycles. The van der Waals surface area contributed by atoms with Gasteiger partial charge in [-0.05, 0) is 62.1 Å². The molecule has 0 atom stereocenters. The van der Waals surface area contributed by atoms with Crippen LogP contribution in [0.2, 0.25) is 0 Å². The lowest BCUT2D eigenvalue weighted by Crippen LogP contribution is -2.20. The minimum atomic E-state index is -0.416. The van der Waals surface area contributed by atoms with E-state index in [1.165, 1.54) is 4.68 Å². The summed E-state index contributed by atoms with van der Waals surface area (Å²) in [4.78, 5) is 25.7. The Kier molecular flexibility index (Phi) is 5.31. The van der Waals surface area contributed by atoms with Crippen LogP contribution in [0.5, 0.6) is 0 Å². The van der Waals surface area contributed by atoms with E-state index in [2.05, 4.69) is 15.7 Å². The summed E-state index contributed by atoms with van der Waals surface area (Å²) >= 11 is 0. The van der Waals surface area contributed by atoms with Gasteiger partial charge in [0.1, 0.15) is 0 Å². The lowest BCUT2D eigenvalue weighted by atomic mass is 10.1. The monoisotopic (exact) mass is 376 g/mol. The van der Waals surface area contributed by atoms with E-state index in [-0.39, 0.29) is 17.2 Å². The molecule has 0 unspecified atom stereocenters. The fraction of sp³-hybridized carbons (Fsp3) is 0.227. The summed E-state index contributed by atoms with van der Waals surface area (Å²) in [5.74, 6) is -0.784. The smallest absolute Gasteiger partial charge is 0.277 e. The van der Waals surface area contributed by atoms with Crippen molar-refractivity contribution in [1.29, 1.82) is 0 Å². The molecule has 0 spiro atoms. The van der Waals surface area contributed by atoms with Gasteiger partial charge in [0.2, 0.25) is 0 Å². The Balaban J connectivity index is 1.88. The van der Waals surface area contributed by atoms with Crippen LogP contribution in [0.1, 0.15) is 43.1 Å². The number of nitrogens with zero attached hydrogens (tertiary/aromatic N) is 2. The summed E-state index contributed by atoms with van der Waals surface area (Å²) in [5, 5.41) is 9.96. The molecule has 0 saturated carbocycles. The Bertz CT molecular complexity index is 983. The zero-order valence-electron chi connectivity index (χ0n) is 16.8. The number of hydrogen-bond acceptors (Lipinski definition) is 3. The third-order valence-electron chi connectivity index (χ3n) is 4.99. The second kappa shape index (κ2) is 7.68. The van der Waals surface area contributed by atoms with E-state index in [1.54, 1.807) is 13.2 Å². The second-order valence-corrected chi connectivity index (χ2v) is 6.97. The SMILES string of the molecule is Cc1cccc(NC(=O)c2cn(C)nc2C(=O)Nc2cccc(C)c2C)c1C. The van der Waals surface area contributed by atoms with Crippen molar-refractivity contribution in [3.05, 3.63) is 76.1 Å². The molecule has 0 bridgehead atoms. The van der Waals surface area contributed by atoms with E-state index in [0.29, 0.717) is 5.69 Å². The van der Waals surface area contributed by atoms with E-state index in [1.807, 2.05) is 64.1 Å². The number of carbonyl (C=O) groups is 2. The number of hydrogen-bond donors (Lipinski definition) is 2. The van der Waals surface area contributed by atoms with Gasteiger partial charge in [-0.15, -0.1) is 0 Å². The van der Waals surface area contributed by atoms with Crippen molar-refractivity contribution in [2.75, 3.05) is 10.6 Å². The van der Waals surface area contributed by atoms with Gasteiger partial charge < -0.3 is 10.6 Å². The average Bonchev–Trinajstić information content (AvgIpc) is 3.05. The van der Waals surface area contributed by atoms with Crippen LogP contribution in [0, 0.1) is 27.7 Å². The van der Waals surface area contributed by atoms with Crippen molar-refractivity contribution in [2.45, 2.75) is 27.7 Å². The Morgan fingerprint density at radius 2 is 1.32 bits per heavy atom. The first-order valence-electron chi connectivity index (χ1n) is 9.06. The molecule has 2 amide bonds. The molecule has 6 nitrogen and oxygen atoms in total. The van der Waals surface area contributed by atoms with Crippen molar-refractivity contribution in [3.8, 4) is 0 Å². The van der Waals surface area contributed by atoms with Gasteiger partial charge in [-0.3, -0.25) is 14.3 Å². The summed E-state index contributed by atoms with van der Waals surface area (Å²) in [7, 11) is 1.68. The molecular formula is C22H24N4O2. The normalized spacial score (nSPS) is 10.6.